The quantitative estimate of drug-likeness (QED) is 0.616. The van der Waals surface area contributed by atoms with E-state index in [0.717, 1.165) is 11.1 Å². The Morgan fingerprint density at radius 2 is 2.00 bits per heavy atom. The second-order valence-corrected chi connectivity index (χ2v) is 8.33. The van der Waals surface area contributed by atoms with Crippen LogP contribution in [0.15, 0.2) is 42.5 Å². The van der Waals surface area contributed by atoms with Crippen molar-refractivity contribution in [3.8, 4) is 6.07 Å². The van der Waals surface area contributed by atoms with Gasteiger partial charge in [-0.1, -0.05) is 23.7 Å². The van der Waals surface area contributed by atoms with E-state index in [1.165, 1.54) is 4.90 Å². The molecule has 164 valence electrons. The molecule has 3 aromatic rings. The van der Waals surface area contributed by atoms with Crippen molar-refractivity contribution in [2.45, 2.75) is 39.0 Å². The summed E-state index contributed by atoms with van der Waals surface area (Å²) in [5.41, 5.74) is 2.84. The summed E-state index contributed by atoms with van der Waals surface area (Å²) >= 11 is 5.98. The molecule has 7 nitrogen and oxygen atoms in total. The lowest BCUT2D eigenvalue weighted by molar-refractivity contribution is 0.201. The third-order valence-corrected chi connectivity index (χ3v) is 5.88. The second kappa shape index (κ2) is 8.97. The van der Waals surface area contributed by atoms with Crippen LogP contribution in [0.4, 0.5) is 14.9 Å². The molecule has 2 amide bonds. The number of hydrogen-bond donors (Lipinski definition) is 1. The van der Waals surface area contributed by atoms with Crippen LogP contribution in [0.2, 0.25) is 5.02 Å². The van der Waals surface area contributed by atoms with Crippen LogP contribution in [0.5, 0.6) is 0 Å². The van der Waals surface area contributed by atoms with E-state index in [9.17, 15) is 9.18 Å². The molecule has 2 heterocycles. The average molecular weight is 453 g/mol. The number of alkyl halides is 1. The Hall–Kier alpha value is -3.44. The molecule has 2 aromatic carbocycles. The first-order valence-corrected chi connectivity index (χ1v) is 10.6. The van der Waals surface area contributed by atoms with Gasteiger partial charge in [-0.2, -0.15) is 5.26 Å². The number of aryl methyl sites for hydroxylation is 2. The molecule has 9 heteroatoms. The molecule has 0 radical (unpaired) electrons. The minimum absolute atomic E-state index is 0.0291. The molecule has 1 aliphatic rings. The van der Waals surface area contributed by atoms with Crippen LogP contribution in [-0.4, -0.2) is 38.4 Å². The Kier molecular flexibility index (Phi) is 6.10. The lowest BCUT2D eigenvalue weighted by atomic mass is 10.1. The summed E-state index contributed by atoms with van der Waals surface area (Å²) in [5, 5.41) is 21.0. The summed E-state index contributed by atoms with van der Waals surface area (Å²) in [6, 6.07) is 13.6. The first-order valence-electron chi connectivity index (χ1n) is 10.2. The number of rotatable bonds is 4. The van der Waals surface area contributed by atoms with Crippen LogP contribution in [-0.2, 0) is 6.54 Å². The highest BCUT2D eigenvalue weighted by Crippen LogP contribution is 2.34. The molecule has 32 heavy (non-hydrogen) atoms. The van der Waals surface area contributed by atoms with Gasteiger partial charge in [0.25, 0.3) is 0 Å². The first-order chi connectivity index (χ1) is 15.4. The minimum atomic E-state index is -1.16. The number of anilines is 1. The summed E-state index contributed by atoms with van der Waals surface area (Å²) < 4.78 is 16.4. The molecular weight excluding hydrogens is 431 g/mol. The van der Waals surface area contributed by atoms with Gasteiger partial charge < -0.3 is 14.8 Å². The van der Waals surface area contributed by atoms with Crippen molar-refractivity contribution in [1.82, 2.24) is 19.7 Å². The summed E-state index contributed by atoms with van der Waals surface area (Å²) in [4.78, 5) is 14.5. The van der Waals surface area contributed by atoms with Gasteiger partial charge in [0.05, 0.1) is 30.8 Å². The summed E-state index contributed by atoms with van der Waals surface area (Å²) in [6.45, 7) is 4.10. The molecule has 0 spiro atoms. The fraction of sp³-hybridized carbons (Fsp3) is 0.304. The summed E-state index contributed by atoms with van der Waals surface area (Å²) in [7, 11) is 0. The van der Waals surface area contributed by atoms with Crippen LogP contribution < -0.4 is 5.32 Å². The molecule has 1 unspecified atom stereocenters. The van der Waals surface area contributed by atoms with Crippen molar-refractivity contribution in [3.05, 3.63) is 75.8 Å². The predicted molar refractivity (Wildman–Crippen MR) is 119 cm³/mol. The van der Waals surface area contributed by atoms with Crippen molar-refractivity contribution < 1.29 is 9.18 Å². The van der Waals surface area contributed by atoms with Gasteiger partial charge in [-0.25, -0.2) is 9.18 Å². The molecule has 2 atom stereocenters. The average Bonchev–Trinajstić information content (AvgIpc) is 3.33. The zero-order valence-corrected chi connectivity index (χ0v) is 18.5. The molecule has 0 bridgehead atoms. The van der Waals surface area contributed by atoms with E-state index in [0.29, 0.717) is 34.5 Å². The number of benzene rings is 2. The fourth-order valence-electron chi connectivity index (χ4n) is 3.93. The van der Waals surface area contributed by atoms with Crippen LogP contribution in [0, 0.1) is 25.2 Å². The Balaban J connectivity index is 1.59. The number of carbonyl (C=O) groups is 1. The topological polar surface area (TPSA) is 86.8 Å². The number of hydrogen-bond acceptors (Lipinski definition) is 4. The zero-order chi connectivity index (χ0) is 22.8. The van der Waals surface area contributed by atoms with Gasteiger partial charge in [-0.15, -0.1) is 10.2 Å². The number of aromatic nitrogens is 3. The van der Waals surface area contributed by atoms with Gasteiger partial charge in [-0.05, 0) is 55.3 Å². The zero-order valence-electron chi connectivity index (χ0n) is 17.7. The van der Waals surface area contributed by atoms with E-state index in [1.54, 1.807) is 18.2 Å². The number of amides is 2. The number of nitriles is 1. The van der Waals surface area contributed by atoms with E-state index < -0.39 is 18.2 Å². The van der Waals surface area contributed by atoms with Crippen molar-refractivity contribution >= 4 is 23.3 Å². The molecule has 1 aromatic heterocycles. The van der Waals surface area contributed by atoms with Crippen LogP contribution in [0.3, 0.4) is 0 Å². The highest BCUT2D eigenvalue weighted by molar-refractivity contribution is 6.30. The van der Waals surface area contributed by atoms with E-state index >= 15 is 0 Å². The van der Waals surface area contributed by atoms with Crippen LogP contribution in [0.1, 0.15) is 40.8 Å². The lowest BCUT2D eigenvalue weighted by Crippen LogP contribution is -2.36. The van der Waals surface area contributed by atoms with Crippen molar-refractivity contribution in [2.75, 3.05) is 11.9 Å². The van der Waals surface area contributed by atoms with Crippen molar-refractivity contribution in [3.63, 3.8) is 0 Å². The van der Waals surface area contributed by atoms with Crippen LogP contribution in [0.25, 0.3) is 0 Å². The minimum Gasteiger partial charge on any atom is -0.311 e. The van der Waals surface area contributed by atoms with Gasteiger partial charge >= 0.3 is 6.03 Å². The molecule has 4 rings (SSSR count). The van der Waals surface area contributed by atoms with Gasteiger partial charge in [-0.3, -0.25) is 0 Å². The number of urea groups is 1. The first kappa shape index (κ1) is 21.8. The number of nitrogens with one attached hydrogen (secondary N) is 1. The van der Waals surface area contributed by atoms with Gasteiger partial charge in [0.2, 0.25) is 0 Å². The van der Waals surface area contributed by atoms with E-state index in [-0.39, 0.29) is 13.0 Å². The highest BCUT2D eigenvalue weighted by Gasteiger charge is 2.39. The molecular formula is C23H22ClFN6O. The SMILES string of the molecule is Cc1cc(C#N)ccc1NC(=O)N1CC(F)C[C@@H]1c1nnc(C)n1Cc1ccc(Cl)cc1. The normalized spacial score (nSPS) is 17.9. The third kappa shape index (κ3) is 4.43. The van der Waals surface area contributed by atoms with Crippen molar-refractivity contribution in [2.24, 2.45) is 0 Å². The Morgan fingerprint density at radius 3 is 2.69 bits per heavy atom. The number of halogens is 2. The maximum Gasteiger partial charge on any atom is 0.322 e. The predicted octanol–water partition coefficient (Wildman–Crippen LogP) is 4.79. The highest BCUT2D eigenvalue weighted by atomic mass is 35.5. The number of carbonyl (C=O) groups excluding carboxylic acids is 1. The standard InChI is InChI=1S/C23H22ClFN6O/c1-14-9-17(11-26)5-8-20(14)27-23(32)31-13-19(25)10-21(31)22-29-28-15(2)30(22)12-16-3-6-18(24)7-4-16/h3-9,19,21H,10,12-13H2,1-2H3,(H,27,32)/t19?,21-/m1/s1. The number of nitrogens with zero attached hydrogens (tertiary/aromatic N) is 5. The monoisotopic (exact) mass is 452 g/mol. The van der Waals surface area contributed by atoms with Gasteiger partial charge in [0.15, 0.2) is 5.82 Å². The molecule has 1 saturated heterocycles. The molecule has 1 N–H and O–H groups in total. The van der Waals surface area contributed by atoms with Gasteiger partial charge in [0.1, 0.15) is 12.0 Å². The van der Waals surface area contributed by atoms with Gasteiger partial charge in [0, 0.05) is 17.1 Å². The van der Waals surface area contributed by atoms with E-state index in [2.05, 4.69) is 21.6 Å². The number of likely N-dealkylation sites (tertiary alicyclic amines) is 1. The Bertz CT molecular complexity index is 1190. The van der Waals surface area contributed by atoms with Crippen LogP contribution >= 0.6 is 11.6 Å². The fourth-order valence-corrected chi connectivity index (χ4v) is 4.05. The van der Waals surface area contributed by atoms with E-state index in [4.69, 9.17) is 16.9 Å². The second-order valence-electron chi connectivity index (χ2n) is 7.89. The van der Waals surface area contributed by atoms with Crippen molar-refractivity contribution in [1.29, 1.82) is 5.26 Å². The summed E-state index contributed by atoms with van der Waals surface area (Å²) in [5.74, 6) is 1.23. The Morgan fingerprint density at radius 1 is 1.25 bits per heavy atom. The summed E-state index contributed by atoms with van der Waals surface area (Å²) in [6.07, 6.45) is -1.01. The molecule has 1 aliphatic heterocycles. The molecule has 1 fully saturated rings. The maximum absolute atomic E-state index is 14.5. The lowest BCUT2D eigenvalue weighted by Gasteiger charge is -2.25. The molecule has 0 aliphatic carbocycles. The third-order valence-electron chi connectivity index (χ3n) is 5.62. The molecule has 0 saturated carbocycles. The van der Waals surface area contributed by atoms with E-state index in [1.807, 2.05) is 42.7 Å². The maximum atomic E-state index is 14.5. The Labute approximate surface area is 190 Å². The smallest absolute Gasteiger partial charge is 0.311 e. The largest absolute Gasteiger partial charge is 0.322 e.